The van der Waals surface area contributed by atoms with Crippen LogP contribution in [0, 0.1) is 0 Å². The third kappa shape index (κ3) is 2.08. The number of carbonyl (C=O) groups excluding carboxylic acids is 2. The van der Waals surface area contributed by atoms with E-state index in [4.69, 9.17) is 5.73 Å². The highest BCUT2D eigenvalue weighted by Crippen LogP contribution is 2.29. The molecule has 0 aromatic heterocycles. The molecule has 1 saturated heterocycles. The Bertz CT molecular complexity index is 456. The van der Waals surface area contributed by atoms with Gasteiger partial charge in [-0.3, -0.25) is 9.59 Å². The SMILES string of the molecule is CCN1C(=O)CC(=O)C1c1cccc(CN)c1. The van der Waals surface area contributed by atoms with E-state index in [-0.39, 0.29) is 18.1 Å². The molecule has 0 spiro atoms. The number of likely N-dealkylation sites (N-methyl/N-ethyl adjacent to an activating group) is 1. The van der Waals surface area contributed by atoms with Crippen LogP contribution < -0.4 is 5.73 Å². The number of carbonyl (C=O) groups is 2. The molecular formula is C13H16N2O2. The third-order valence-electron chi connectivity index (χ3n) is 3.11. The van der Waals surface area contributed by atoms with Crippen LogP contribution >= 0.6 is 0 Å². The maximum Gasteiger partial charge on any atom is 0.230 e. The summed E-state index contributed by atoms with van der Waals surface area (Å²) in [6.45, 7) is 2.88. The van der Waals surface area contributed by atoms with Crippen molar-refractivity contribution in [1.82, 2.24) is 4.90 Å². The van der Waals surface area contributed by atoms with E-state index >= 15 is 0 Å². The predicted octanol–water partition coefficient (Wildman–Crippen LogP) is 1.01. The predicted molar refractivity (Wildman–Crippen MR) is 64.1 cm³/mol. The van der Waals surface area contributed by atoms with Crippen molar-refractivity contribution in [1.29, 1.82) is 0 Å². The van der Waals surface area contributed by atoms with Crippen LogP contribution in [0.4, 0.5) is 0 Å². The van der Waals surface area contributed by atoms with Crippen LogP contribution in [0.5, 0.6) is 0 Å². The number of Topliss-reactive ketones (excluding diaryl/α,β-unsaturated/α-hetero) is 1. The van der Waals surface area contributed by atoms with Crippen LogP contribution in [0.3, 0.4) is 0 Å². The Morgan fingerprint density at radius 1 is 1.41 bits per heavy atom. The van der Waals surface area contributed by atoms with E-state index in [1.807, 2.05) is 31.2 Å². The maximum absolute atomic E-state index is 11.9. The van der Waals surface area contributed by atoms with Crippen LogP contribution in [0.2, 0.25) is 0 Å². The molecule has 2 N–H and O–H groups in total. The zero-order chi connectivity index (χ0) is 12.4. The number of amides is 1. The smallest absolute Gasteiger partial charge is 0.230 e. The Kier molecular flexibility index (Phi) is 3.24. The molecule has 1 atom stereocenters. The van der Waals surface area contributed by atoms with E-state index in [0.717, 1.165) is 11.1 Å². The van der Waals surface area contributed by atoms with Crippen molar-refractivity contribution in [3.63, 3.8) is 0 Å². The van der Waals surface area contributed by atoms with Crippen molar-refractivity contribution in [2.75, 3.05) is 6.54 Å². The second-order valence-electron chi connectivity index (χ2n) is 4.17. The van der Waals surface area contributed by atoms with Gasteiger partial charge in [0.2, 0.25) is 5.91 Å². The molecule has 0 radical (unpaired) electrons. The molecule has 2 rings (SSSR count). The Morgan fingerprint density at radius 2 is 2.18 bits per heavy atom. The second kappa shape index (κ2) is 4.67. The average molecular weight is 232 g/mol. The molecule has 4 nitrogen and oxygen atoms in total. The van der Waals surface area contributed by atoms with Crippen LogP contribution in [-0.4, -0.2) is 23.1 Å². The van der Waals surface area contributed by atoms with Gasteiger partial charge in [0.15, 0.2) is 5.78 Å². The van der Waals surface area contributed by atoms with Crippen molar-refractivity contribution < 1.29 is 9.59 Å². The molecule has 0 aliphatic carbocycles. The molecule has 4 heteroatoms. The van der Waals surface area contributed by atoms with Gasteiger partial charge in [0, 0.05) is 13.1 Å². The average Bonchev–Trinajstić information content (AvgIpc) is 2.63. The van der Waals surface area contributed by atoms with E-state index in [0.29, 0.717) is 13.1 Å². The lowest BCUT2D eigenvalue weighted by Crippen LogP contribution is -2.28. The number of ketones is 1. The van der Waals surface area contributed by atoms with Crippen LogP contribution in [0.1, 0.15) is 30.5 Å². The number of nitrogens with zero attached hydrogens (tertiary/aromatic N) is 1. The normalized spacial score (nSPS) is 20.1. The zero-order valence-electron chi connectivity index (χ0n) is 9.85. The number of nitrogens with two attached hydrogens (primary N) is 1. The summed E-state index contributed by atoms with van der Waals surface area (Å²) in [5.74, 6) is -0.105. The fourth-order valence-electron chi connectivity index (χ4n) is 2.28. The summed E-state index contributed by atoms with van der Waals surface area (Å²) < 4.78 is 0. The summed E-state index contributed by atoms with van der Waals surface area (Å²) in [6.07, 6.45) is 0.0192. The monoisotopic (exact) mass is 232 g/mol. The maximum atomic E-state index is 11.9. The van der Waals surface area contributed by atoms with Crippen molar-refractivity contribution >= 4 is 11.7 Å². The molecule has 1 unspecified atom stereocenters. The fraction of sp³-hybridized carbons (Fsp3) is 0.385. The highest BCUT2D eigenvalue weighted by molar-refractivity contribution is 6.07. The van der Waals surface area contributed by atoms with Gasteiger partial charge in [-0.25, -0.2) is 0 Å². The van der Waals surface area contributed by atoms with Crippen LogP contribution in [0.15, 0.2) is 24.3 Å². The molecule has 1 heterocycles. The Labute approximate surface area is 100 Å². The standard InChI is InChI=1S/C13H16N2O2/c1-2-15-12(17)7-11(16)13(15)10-5-3-4-9(6-10)8-14/h3-6,13H,2,7-8,14H2,1H3. The molecule has 0 bridgehead atoms. The summed E-state index contributed by atoms with van der Waals surface area (Å²) in [6, 6.07) is 7.16. The van der Waals surface area contributed by atoms with E-state index < -0.39 is 6.04 Å². The molecule has 1 aromatic carbocycles. The summed E-state index contributed by atoms with van der Waals surface area (Å²) in [7, 11) is 0. The number of hydrogen-bond acceptors (Lipinski definition) is 3. The first-order valence-corrected chi connectivity index (χ1v) is 5.78. The van der Waals surface area contributed by atoms with Gasteiger partial charge in [-0.05, 0) is 18.1 Å². The summed E-state index contributed by atoms with van der Waals surface area (Å²) in [5.41, 5.74) is 7.42. The van der Waals surface area contributed by atoms with Crippen molar-refractivity contribution in [3.8, 4) is 0 Å². The molecule has 1 aromatic rings. The molecule has 17 heavy (non-hydrogen) atoms. The summed E-state index contributed by atoms with van der Waals surface area (Å²) in [4.78, 5) is 25.1. The van der Waals surface area contributed by atoms with Gasteiger partial charge in [-0.1, -0.05) is 24.3 Å². The Hall–Kier alpha value is -1.68. The lowest BCUT2D eigenvalue weighted by molar-refractivity contribution is -0.128. The minimum absolute atomic E-state index is 0.0192. The molecule has 1 fully saturated rings. The van der Waals surface area contributed by atoms with E-state index in [1.165, 1.54) is 0 Å². The van der Waals surface area contributed by atoms with E-state index in [2.05, 4.69) is 0 Å². The molecule has 1 amide bonds. The van der Waals surface area contributed by atoms with E-state index in [9.17, 15) is 9.59 Å². The van der Waals surface area contributed by atoms with Gasteiger partial charge in [0.05, 0.1) is 6.42 Å². The lowest BCUT2D eigenvalue weighted by atomic mass is 10.0. The zero-order valence-corrected chi connectivity index (χ0v) is 9.85. The highest BCUT2D eigenvalue weighted by atomic mass is 16.2. The Morgan fingerprint density at radius 3 is 2.82 bits per heavy atom. The van der Waals surface area contributed by atoms with Crippen molar-refractivity contribution in [3.05, 3.63) is 35.4 Å². The van der Waals surface area contributed by atoms with Gasteiger partial charge < -0.3 is 10.6 Å². The van der Waals surface area contributed by atoms with Crippen LogP contribution in [-0.2, 0) is 16.1 Å². The molecular weight excluding hydrogens is 216 g/mol. The quantitative estimate of drug-likeness (QED) is 0.791. The highest BCUT2D eigenvalue weighted by Gasteiger charge is 2.38. The van der Waals surface area contributed by atoms with Gasteiger partial charge in [-0.2, -0.15) is 0 Å². The minimum atomic E-state index is -0.418. The Balaban J connectivity index is 2.37. The van der Waals surface area contributed by atoms with E-state index in [1.54, 1.807) is 4.90 Å². The number of hydrogen-bond donors (Lipinski definition) is 1. The first-order valence-electron chi connectivity index (χ1n) is 5.78. The fourth-order valence-corrected chi connectivity index (χ4v) is 2.28. The summed E-state index contributed by atoms with van der Waals surface area (Å²) in [5, 5.41) is 0. The largest absolute Gasteiger partial charge is 0.328 e. The summed E-state index contributed by atoms with van der Waals surface area (Å²) >= 11 is 0. The first kappa shape index (κ1) is 11.8. The molecule has 90 valence electrons. The van der Waals surface area contributed by atoms with Gasteiger partial charge >= 0.3 is 0 Å². The molecule has 0 saturated carbocycles. The van der Waals surface area contributed by atoms with Crippen molar-refractivity contribution in [2.24, 2.45) is 5.73 Å². The number of rotatable bonds is 3. The van der Waals surface area contributed by atoms with Gasteiger partial charge in [0.1, 0.15) is 6.04 Å². The third-order valence-corrected chi connectivity index (χ3v) is 3.11. The second-order valence-corrected chi connectivity index (χ2v) is 4.17. The minimum Gasteiger partial charge on any atom is -0.328 e. The molecule has 1 aliphatic rings. The number of likely N-dealkylation sites (tertiary alicyclic amines) is 1. The topological polar surface area (TPSA) is 63.4 Å². The lowest BCUT2D eigenvalue weighted by Gasteiger charge is -2.22. The van der Waals surface area contributed by atoms with Gasteiger partial charge in [0.25, 0.3) is 0 Å². The molecule has 1 aliphatic heterocycles. The van der Waals surface area contributed by atoms with Gasteiger partial charge in [-0.15, -0.1) is 0 Å². The number of benzene rings is 1. The van der Waals surface area contributed by atoms with Crippen LogP contribution in [0.25, 0.3) is 0 Å². The van der Waals surface area contributed by atoms with Crippen molar-refractivity contribution in [2.45, 2.75) is 25.9 Å². The first-order chi connectivity index (χ1) is 8.17.